The van der Waals surface area contributed by atoms with Crippen LogP contribution in [0.15, 0.2) is 6.33 Å². The van der Waals surface area contributed by atoms with Crippen molar-refractivity contribution in [1.29, 1.82) is 0 Å². The van der Waals surface area contributed by atoms with Gasteiger partial charge in [-0.15, -0.1) is 6.42 Å². The number of anilines is 1. The molecular weight excluding hydrogens is 342 g/mol. The number of aromatic nitrogens is 4. The summed E-state index contributed by atoms with van der Waals surface area (Å²) in [7, 11) is 0. The molecule has 1 fully saturated rings. The Labute approximate surface area is 141 Å². The molecular formula is C13H14ClN5O3S. The molecule has 122 valence electrons. The van der Waals surface area contributed by atoms with E-state index in [0.717, 1.165) is 0 Å². The number of imidazole rings is 1. The highest BCUT2D eigenvalue weighted by Crippen LogP contribution is 2.44. The molecule has 0 aliphatic carbocycles. The number of alkyl halides is 1. The number of hydrogen-bond acceptors (Lipinski definition) is 7. The zero-order valence-corrected chi connectivity index (χ0v) is 13.5. The molecule has 5 atom stereocenters. The lowest BCUT2D eigenvalue weighted by atomic mass is 9.97. The molecule has 0 amide bonds. The van der Waals surface area contributed by atoms with Crippen LogP contribution < -0.4 is 5.73 Å². The van der Waals surface area contributed by atoms with E-state index in [4.69, 9.17) is 40.7 Å². The van der Waals surface area contributed by atoms with Gasteiger partial charge >= 0.3 is 0 Å². The van der Waals surface area contributed by atoms with E-state index in [2.05, 4.69) is 20.9 Å². The number of aliphatic hydroxyl groups is 2. The van der Waals surface area contributed by atoms with E-state index in [1.54, 1.807) is 0 Å². The summed E-state index contributed by atoms with van der Waals surface area (Å²) >= 11 is 11.5. The average molecular weight is 356 g/mol. The third kappa shape index (κ3) is 2.31. The van der Waals surface area contributed by atoms with E-state index in [9.17, 15) is 10.2 Å². The second-order valence-corrected chi connectivity index (χ2v) is 6.34. The van der Waals surface area contributed by atoms with Crippen molar-refractivity contribution in [1.82, 2.24) is 19.5 Å². The fraction of sp³-hybridized carbons (Fsp3) is 0.462. The fourth-order valence-corrected chi connectivity index (χ4v) is 3.17. The average Bonchev–Trinajstić information content (AvgIpc) is 3.00. The number of nitrogens with zero attached hydrogens (tertiary/aromatic N) is 3. The maximum atomic E-state index is 10.4. The van der Waals surface area contributed by atoms with Crippen molar-refractivity contribution in [2.24, 2.45) is 0 Å². The Morgan fingerprint density at radius 3 is 3.00 bits per heavy atom. The number of hydrogen-bond donors (Lipinski definition) is 4. The van der Waals surface area contributed by atoms with Crippen LogP contribution in [0, 0.1) is 17.0 Å². The van der Waals surface area contributed by atoms with Gasteiger partial charge in [0.05, 0.1) is 12.4 Å². The summed E-state index contributed by atoms with van der Waals surface area (Å²) in [5.41, 5.74) is 6.48. The SMILES string of the molecule is C#CC1(Cl)[C@@H](O)[C@@H]([C@H](C)O)O[C@H]1n1cnc2c(=S)nc(N)[nH]c21. The first-order valence-electron chi connectivity index (χ1n) is 6.70. The number of rotatable bonds is 2. The lowest BCUT2D eigenvalue weighted by Gasteiger charge is -2.25. The van der Waals surface area contributed by atoms with Crippen LogP contribution in [0.2, 0.25) is 0 Å². The van der Waals surface area contributed by atoms with Crippen molar-refractivity contribution in [3.8, 4) is 12.3 Å². The highest BCUT2D eigenvalue weighted by atomic mass is 35.5. The van der Waals surface area contributed by atoms with Crippen molar-refractivity contribution in [3.63, 3.8) is 0 Å². The number of nitrogen functional groups attached to an aromatic ring is 1. The molecule has 1 unspecified atom stereocenters. The van der Waals surface area contributed by atoms with Crippen molar-refractivity contribution < 1.29 is 14.9 Å². The van der Waals surface area contributed by atoms with Crippen LogP contribution in [0.1, 0.15) is 13.2 Å². The topological polar surface area (TPSA) is 122 Å². The molecule has 1 aliphatic rings. The normalized spacial score (nSPS) is 32.0. The van der Waals surface area contributed by atoms with Gasteiger partial charge in [0.2, 0.25) is 0 Å². The van der Waals surface area contributed by atoms with Gasteiger partial charge in [-0.25, -0.2) is 9.97 Å². The van der Waals surface area contributed by atoms with E-state index in [-0.39, 0.29) is 10.6 Å². The molecule has 23 heavy (non-hydrogen) atoms. The summed E-state index contributed by atoms with van der Waals surface area (Å²) in [6.07, 6.45) is 2.74. The van der Waals surface area contributed by atoms with Crippen LogP contribution >= 0.6 is 23.8 Å². The number of halogens is 1. The van der Waals surface area contributed by atoms with Gasteiger partial charge in [0.15, 0.2) is 21.7 Å². The number of terminal acetylenes is 1. The van der Waals surface area contributed by atoms with Crippen LogP contribution in [0.3, 0.4) is 0 Å². The molecule has 5 N–H and O–H groups in total. The van der Waals surface area contributed by atoms with E-state index in [1.807, 2.05) is 0 Å². The highest BCUT2D eigenvalue weighted by molar-refractivity contribution is 7.71. The molecule has 1 saturated heterocycles. The third-order valence-electron chi connectivity index (χ3n) is 3.80. The van der Waals surface area contributed by atoms with Crippen molar-refractivity contribution >= 4 is 40.9 Å². The van der Waals surface area contributed by atoms with Crippen molar-refractivity contribution in [2.75, 3.05) is 5.73 Å². The summed E-state index contributed by atoms with van der Waals surface area (Å²) in [6, 6.07) is 0. The molecule has 0 spiro atoms. The molecule has 2 aromatic rings. The number of aromatic amines is 1. The van der Waals surface area contributed by atoms with Gasteiger partial charge in [0.1, 0.15) is 23.4 Å². The minimum Gasteiger partial charge on any atom is -0.391 e. The Morgan fingerprint density at radius 1 is 1.70 bits per heavy atom. The van der Waals surface area contributed by atoms with Gasteiger partial charge in [0, 0.05) is 0 Å². The molecule has 3 heterocycles. The Hall–Kier alpha value is -1.70. The first-order chi connectivity index (χ1) is 10.8. The maximum absolute atomic E-state index is 10.4. The Kier molecular flexibility index (Phi) is 3.82. The standard InChI is InChI=1S/C13H14ClN5O3S/c1-3-13(14)8(21)7(5(2)20)22-11(13)19-4-16-6-9(19)17-12(15)18-10(6)23/h1,4-5,7-8,11,20-21H,2H3,(H3,15,17,18,23)/t5-,7+,8-,11+,13?/m0/s1. The third-order valence-corrected chi connectivity index (χ3v) is 4.61. The minimum atomic E-state index is -1.59. The number of aliphatic hydroxyl groups excluding tert-OH is 2. The van der Waals surface area contributed by atoms with E-state index in [0.29, 0.717) is 11.2 Å². The minimum absolute atomic E-state index is 0.0933. The van der Waals surface area contributed by atoms with Crippen LogP contribution in [-0.2, 0) is 4.74 Å². The van der Waals surface area contributed by atoms with Crippen LogP contribution in [0.4, 0.5) is 5.95 Å². The second kappa shape index (κ2) is 5.43. The largest absolute Gasteiger partial charge is 0.391 e. The monoisotopic (exact) mass is 355 g/mol. The van der Waals surface area contributed by atoms with Crippen LogP contribution in [0.5, 0.6) is 0 Å². The Bertz CT molecular complexity index is 859. The van der Waals surface area contributed by atoms with Gasteiger partial charge in [-0.2, -0.15) is 0 Å². The smallest absolute Gasteiger partial charge is 0.200 e. The fourth-order valence-electron chi connectivity index (χ4n) is 2.64. The van der Waals surface area contributed by atoms with Crippen molar-refractivity contribution in [2.45, 2.75) is 36.3 Å². The predicted molar refractivity (Wildman–Crippen MR) is 86.1 cm³/mol. The van der Waals surface area contributed by atoms with Gasteiger partial charge in [-0.05, 0) is 6.92 Å². The van der Waals surface area contributed by atoms with Gasteiger partial charge < -0.3 is 25.7 Å². The molecule has 2 aromatic heterocycles. The summed E-state index contributed by atoms with van der Waals surface area (Å²) < 4.78 is 7.40. The summed E-state index contributed by atoms with van der Waals surface area (Å²) in [6.45, 7) is 1.48. The predicted octanol–water partition coefficient (Wildman–Crippen LogP) is 0.321. The number of fused-ring (bicyclic) bond motifs is 1. The molecule has 10 heteroatoms. The summed E-state index contributed by atoms with van der Waals surface area (Å²) in [5, 5.41) is 20.1. The van der Waals surface area contributed by atoms with E-state index in [1.165, 1.54) is 17.8 Å². The lowest BCUT2D eigenvalue weighted by molar-refractivity contribution is -0.0752. The number of ether oxygens (including phenoxy) is 1. The molecule has 8 nitrogen and oxygen atoms in total. The molecule has 3 rings (SSSR count). The summed E-state index contributed by atoms with van der Waals surface area (Å²) in [5.74, 6) is 2.44. The quantitative estimate of drug-likeness (QED) is 0.347. The molecule has 1 aliphatic heterocycles. The molecule has 0 bridgehead atoms. The van der Waals surface area contributed by atoms with Crippen LogP contribution in [-0.4, -0.2) is 52.9 Å². The zero-order valence-electron chi connectivity index (χ0n) is 12.0. The Morgan fingerprint density at radius 2 is 2.39 bits per heavy atom. The van der Waals surface area contributed by atoms with Crippen LogP contribution in [0.25, 0.3) is 11.2 Å². The molecule has 0 saturated carbocycles. The van der Waals surface area contributed by atoms with E-state index >= 15 is 0 Å². The summed E-state index contributed by atoms with van der Waals surface area (Å²) in [4.78, 5) is 9.30. The van der Waals surface area contributed by atoms with Gasteiger partial charge in [0.25, 0.3) is 0 Å². The molecule has 0 radical (unpaired) electrons. The second-order valence-electron chi connectivity index (χ2n) is 5.33. The van der Waals surface area contributed by atoms with Gasteiger partial charge in [-0.1, -0.05) is 29.7 Å². The maximum Gasteiger partial charge on any atom is 0.200 e. The first-order valence-corrected chi connectivity index (χ1v) is 7.48. The first kappa shape index (κ1) is 16.2. The highest BCUT2D eigenvalue weighted by Gasteiger charge is 2.57. The van der Waals surface area contributed by atoms with E-state index < -0.39 is 29.4 Å². The van der Waals surface area contributed by atoms with Crippen molar-refractivity contribution in [3.05, 3.63) is 11.0 Å². The van der Waals surface area contributed by atoms with Gasteiger partial charge in [-0.3, -0.25) is 4.57 Å². The zero-order chi connectivity index (χ0) is 16.9. The lowest BCUT2D eigenvalue weighted by Crippen LogP contribution is -2.43. The number of nitrogens with one attached hydrogen (secondary N) is 1. The Balaban J connectivity index is 2.18. The number of nitrogens with two attached hydrogens (primary N) is 1. The molecule has 0 aromatic carbocycles. The number of H-pyrrole nitrogens is 1.